The van der Waals surface area contributed by atoms with Gasteiger partial charge in [0.15, 0.2) is 0 Å². The van der Waals surface area contributed by atoms with Crippen LogP contribution in [-0.2, 0) is 4.79 Å². The molecule has 0 N–H and O–H groups in total. The lowest BCUT2D eigenvalue weighted by Gasteiger charge is -2.36. The van der Waals surface area contributed by atoms with E-state index in [0.717, 1.165) is 24.3 Å². The maximum atomic E-state index is 12.8. The van der Waals surface area contributed by atoms with Gasteiger partial charge < -0.3 is 14.5 Å². The summed E-state index contributed by atoms with van der Waals surface area (Å²) in [5.41, 5.74) is 2.04. The van der Waals surface area contributed by atoms with Gasteiger partial charge in [-0.3, -0.25) is 4.79 Å². The molecule has 0 spiro atoms. The van der Waals surface area contributed by atoms with Crippen molar-refractivity contribution in [3.05, 3.63) is 65.7 Å². The van der Waals surface area contributed by atoms with Crippen molar-refractivity contribution in [2.75, 3.05) is 37.7 Å². The quantitative estimate of drug-likeness (QED) is 0.605. The zero-order chi connectivity index (χ0) is 19.1. The molecule has 1 heterocycles. The maximum absolute atomic E-state index is 12.8. The number of carbonyl (C=O) groups is 1. The lowest BCUT2D eigenvalue weighted by molar-refractivity contribution is -0.126. The van der Waals surface area contributed by atoms with Crippen LogP contribution in [-0.4, -0.2) is 43.6 Å². The molecule has 0 aliphatic carbocycles. The minimum absolute atomic E-state index is 0.135. The van der Waals surface area contributed by atoms with E-state index in [1.807, 2.05) is 49.4 Å². The highest BCUT2D eigenvalue weighted by molar-refractivity contribution is 6.02. The van der Waals surface area contributed by atoms with Crippen LogP contribution < -0.4 is 9.64 Å². The van der Waals surface area contributed by atoms with Gasteiger partial charge in [0.1, 0.15) is 17.4 Å². The predicted octanol–water partition coefficient (Wildman–Crippen LogP) is 3.34. The number of para-hydroxylation sites is 2. The molecule has 2 aromatic rings. The molecule has 138 valence electrons. The Morgan fingerprint density at radius 1 is 1.07 bits per heavy atom. The third-order valence-corrected chi connectivity index (χ3v) is 4.56. The van der Waals surface area contributed by atoms with Crippen LogP contribution in [0.4, 0.5) is 5.69 Å². The largest absolute Gasteiger partial charge is 0.493 e. The minimum Gasteiger partial charge on any atom is -0.493 e. The molecular formula is C22H23N3O2. The van der Waals surface area contributed by atoms with E-state index in [4.69, 9.17) is 4.74 Å². The summed E-state index contributed by atoms with van der Waals surface area (Å²) in [7, 11) is 0. The standard InChI is InChI=1S/C22H23N3O2/c1-2-27-21-11-7-6-8-18(21)16-19(17-23)22(26)25-14-12-24(13-15-25)20-9-4-3-5-10-20/h3-11,16H,2,12-15H2,1H3/b19-16-. The predicted molar refractivity (Wildman–Crippen MR) is 106 cm³/mol. The van der Waals surface area contributed by atoms with Gasteiger partial charge in [-0.2, -0.15) is 5.26 Å². The number of amides is 1. The second-order valence-corrected chi connectivity index (χ2v) is 6.26. The van der Waals surface area contributed by atoms with Gasteiger partial charge in [-0.1, -0.05) is 36.4 Å². The van der Waals surface area contributed by atoms with E-state index in [-0.39, 0.29) is 11.5 Å². The van der Waals surface area contributed by atoms with E-state index >= 15 is 0 Å². The molecule has 0 bridgehead atoms. The molecule has 2 aromatic carbocycles. The zero-order valence-electron chi connectivity index (χ0n) is 15.5. The Labute approximate surface area is 160 Å². The summed E-state index contributed by atoms with van der Waals surface area (Å²) in [6.07, 6.45) is 1.62. The third-order valence-electron chi connectivity index (χ3n) is 4.56. The monoisotopic (exact) mass is 361 g/mol. The van der Waals surface area contributed by atoms with Crippen molar-refractivity contribution >= 4 is 17.7 Å². The normalized spacial score (nSPS) is 14.6. The molecule has 27 heavy (non-hydrogen) atoms. The number of nitrogens with zero attached hydrogens (tertiary/aromatic N) is 3. The summed E-state index contributed by atoms with van der Waals surface area (Å²) in [5, 5.41) is 9.52. The highest BCUT2D eigenvalue weighted by Gasteiger charge is 2.24. The molecule has 0 unspecified atom stereocenters. The smallest absolute Gasteiger partial charge is 0.264 e. The first-order valence-corrected chi connectivity index (χ1v) is 9.16. The van der Waals surface area contributed by atoms with Crippen molar-refractivity contribution in [2.45, 2.75) is 6.92 Å². The Kier molecular flexibility index (Phi) is 6.11. The van der Waals surface area contributed by atoms with Crippen LogP contribution in [0.2, 0.25) is 0 Å². The Morgan fingerprint density at radius 2 is 1.74 bits per heavy atom. The van der Waals surface area contributed by atoms with Gasteiger partial charge >= 0.3 is 0 Å². The Bertz CT molecular complexity index is 847. The van der Waals surface area contributed by atoms with E-state index in [1.54, 1.807) is 11.0 Å². The molecule has 1 amide bonds. The highest BCUT2D eigenvalue weighted by atomic mass is 16.5. The number of piperazine rings is 1. The van der Waals surface area contributed by atoms with Gasteiger partial charge in [0, 0.05) is 37.4 Å². The van der Waals surface area contributed by atoms with Crippen molar-refractivity contribution in [3.63, 3.8) is 0 Å². The summed E-state index contributed by atoms with van der Waals surface area (Å²) in [6.45, 7) is 5.14. The lowest BCUT2D eigenvalue weighted by atomic mass is 10.1. The summed E-state index contributed by atoms with van der Waals surface area (Å²) >= 11 is 0. The summed E-state index contributed by atoms with van der Waals surface area (Å²) < 4.78 is 5.59. The van der Waals surface area contributed by atoms with Gasteiger partial charge in [-0.15, -0.1) is 0 Å². The summed E-state index contributed by atoms with van der Waals surface area (Å²) in [6, 6.07) is 19.7. The van der Waals surface area contributed by atoms with Crippen LogP contribution in [0.15, 0.2) is 60.2 Å². The molecule has 5 nitrogen and oxygen atoms in total. The van der Waals surface area contributed by atoms with Crippen molar-refractivity contribution in [1.82, 2.24) is 4.90 Å². The molecule has 0 atom stereocenters. The number of nitriles is 1. The maximum Gasteiger partial charge on any atom is 0.264 e. The number of benzene rings is 2. The van der Waals surface area contributed by atoms with Gasteiger partial charge in [0.25, 0.3) is 5.91 Å². The molecule has 1 fully saturated rings. The first kappa shape index (κ1) is 18.5. The van der Waals surface area contributed by atoms with E-state index < -0.39 is 0 Å². The van der Waals surface area contributed by atoms with Crippen LogP contribution in [0.5, 0.6) is 5.75 Å². The van der Waals surface area contributed by atoms with Gasteiger partial charge in [0.05, 0.1) is 6.61 Å². The van der Waals surface area contributed by atoms with Crippen LogP contribution in [0.25, 0.3) is 6.08 Å². The van der Waals surface area contributed by atoms with Gasteiger partial charge in [-0.05, 0) is 31.2 Å². The first-order chi connectivity index (χ1) is 13.2. The summed E-state index contributed by atoms with van der Waals surface area (Å²) in [4.78, 5) is 16.8. The molecule has 1 saturated heterocycles. The van der Waals surface area contributed by atoms with E-state index in [0.29, 0.717) is 25.4 Å². The fourth-order valence-corrected chi connectivity index (χ4v) is 3.16. The molecule has 0 radical (unpaired) electrons. The van der Waals surface area contributed by atoms with Crippen LogP contribution >= 0.6 is 0 Å². The number of hydrogen-bond donors (Lipinski definition) is 0. The topological polar surface area (TPSA) is 56.6 Å². The third kappa shape index (κ3) is 4.48. The van der Waals surface area contributed by atoms with Crippen molar-refractivity contribution < 1.29 is 9.53 Å². The van der Waals surface area contributed by atoms with Crippen LogP contribution in [0.3, 0.4) is 0 Å². The number of carbonyl (C=O) groups excluding carboxylic acids is 1. The SMILES string of the molecule is CCOc1ccccc1/C=C(/C#N)C(=O)N1CCN(c2ccccc2)CC1. The molecular weight excluding hydrogens is 338 g/mol. The van der Waals surface area contributed by atoms with E-state index in [9.17, 15) is 10.1 Å². The average Bonchev–Trinajstić information content (AvgIpc) is 2.73. The fourth-order valence-electron chi connectivity index (χ4n) is 3.16. The second-order valence-electron chi connectivity index (χ2n) is 6.26. The highest BCUT2D eigenvalue weighted by Crippen LogP contribution is 2.22. The van der Waals surface area contributed by atoms with Crippen LogP contribution in [0.1, 0.15) is 12.5 Å². The lowest BCUT2D eigenvalue weighted by Crippen LogP contribution is -2.49. The number of ether oxygens (including phenoxy) is 1. The van der Waals surface area contributed by atoms with Crippen molar-refractivity contribution in [2.24, 2.45) is 0 Å². The van der Waals surface area contributed by atoms with E-state index in [2.05, 4.69) is 23.1 Å². The van der Waals surface area contributed by atoms with Crippen LogP contribution in [0, 0.1) is 11.3 Å². The molecule has 3 rings (SSSR count). The van der Waals surface area contributed by atoms with E-state index in [1.165, 1.54) is 0 Å². The number of hydrogen-bond acceptors (Lipinski definition) is 4. The molecule has 0 saturated carbocycles. The average molecular weight is 361 g/mol. The second kappa shape index (κ2) is 8.91. The summed E-state index contributed by atoms with van der Waals surface area (Å²) in [5.74, 6) is 0.450. The molecule has 1 aliphatic heterocycles. The Balaban J connectivity index is 1.70. The van der Waals surface area contributed by atoms with Crippen molar-refractivity contribution in [3.8, 4) is 11.8 Å². The Hall–Kier alpha value is -3.26. The fraction of sp³-hybridized carbons (Fsp3) is 0.273. The zero-order valence-corrected chi connectivity index (χ0v) is 15.5. The molecule has 0 aromatic heterocycles. The first-order valence-electron chi connectivity index (χ1n) is 9.16. The molecule has 5 heteroatoms. The van der Waals surface area contributed by atoms with Gasteiger partial charge in [-0.25, -0.2) is 0 Å². The number of anilines is 1. The minimum atomic E-state index is -0.225. The Morgan fingerprint density at radius 3 is 2.41 bits per heavy atom. The molecule has 1 aliphatic rings. The van der Waals surface area contributed by atoms with Crippen molar-refractivity contribution in [1.29, 1.82) is 5.26 Å². The van der Waals surface area contributed by atoms with Gasteiger partial charge in [0.2, 0.25) is 0 Å². The number of rotatable bonds is 5.